The van der Waals surface area contributed by atoms with Crippen molar-refractivity contribution in [2.75, 3.05) is 25.5 Å². The lowest BCUT2D eigenvalue weighted by molar-refractivity contribution is -0.130. The van der Waals surface area contributed by atoms with Crippen molar-refractivity contribution >= 4 is 17.5 Å². The minimum Gasteiger partial charge on any atom is -0.457 e. The van der Waals surface area contributed by atoms with E-state index in [-0.39, 0.29) is 36.8 Å². The molecule has 4 rings (SSSR count). The van der Waals surface area contributed by atoms with E-state index in [1.54, 1.807) is 41.3 Å². The predicted molar refractivity (Wildman–Crippen MR) is 125 cm³/mol. The highest BCUT2D eigenvalue weighted by Crippen LogP contribution is 2.25. The lowest BCUT2D eigenvalue weighted by atomic mass is 10.1. The van der Waals surface area contributed by atoms with Crippen LogP contribution in [-0.2, 0) is 22.4 Å². The van der Waals surface area contributed by atoms with Gasteiger partial charge in [-0.2, -0.15) is 0 Å². The molecular weight excluding hydrogens is 421 g/mol. The number of nitrogens with zero attached hydrogens (tertiary/aromatic N) is 1. The molecule has 3 aromatic carbocycles. The molecule has 2 N–H and O–H groups in total. The average Bonchev–Trinajstić information content (AvgIpc) is 3.25. The summed E-state index contributed by atoms with van der Waals surface area (Å²) >= 11 is 0. The van der Waals surface area contributed by atoms with Gasteiger partial charge >= 0.3 is 0 Å². The van der Waals surface area contributed by atoms with Gasteiger partial charge in [-0.3, -0.25) is 14.9 Å². The molecule has 0 unspecified atom stereocenters. The Balaban J connectivity index is 1.18. The molecule has 3 aromatic rings. The normalized spacial score (nSPS) is 12.8. The fraction of sp³-hybridized carbons (Fsp3) is 0.231. The van der Waals surface area contributed by atoms with Gasteiger partial charge in [0.15, 0.2) is 0 Å². The maximum Gasteiger partial charge on any atom is 0.238 e. The third-order valence-electron chi connectivity index (χ3n) is 5.72. The molecule has 0 fully saturated rings. The molecule has 0 bridgehead atoms. The van der Waals surface area contributed by atoms with Gasteiger partial charge in [0, 0.05) is 18.8 Å². The molecule has 7 heteroatoms. The first kappa shape index (κ1) is 22.5. The lowest BCUT2D eigenvalue weighted by Crippen LogP contribution is -2.43. The fourth-order valence-electron chi connectivity index (χ4n) is 3.87. The summed E-state index contributed by atoms with van der Waals surface area (Å²) in [6, 6.07) is 21.0. The number of rotatable bonds is 8. The average molecular weight is 448 g/mol. The second-order valence-corrected chi connectivity index (χ2v) is 8.07. The molecule has 0 saturated heterocycles. The molecule has 6 nitrogen and oxygen atoms in total. The Hall–Kier alpha value is -3.71. The van der Waals surface area contributed by atoms with E-state index in [1.807, 2.05) is 19.2 Å². The number of ether oxygens (including phenoxy) is 1. The summed E-state index contributed by atoms with van der Waals surface area (Å²) in [5.74, 6) is 0.481. The number of carbonyl (C=O) groups is 2. The topological polar surface area (TPSA) is 70.7 Å². The Bertz CT molecular complexity index is 1090. The van der Waals surface area contributed by atoms with Gasteiger partial charge in [-0.1, -0.05) is 24.3 Å². The van der Waals surface area contributed by atoms with Gasteiger partial charge in [-0.25, -0.2) is 4.39 Å². The monoisotopic (exact) mass is 447 g/mol. The number of amides is 2. The van der Waals surface area contributed by atoms with E-state index in [9.17, 15) is 14.0 Å². The van der Waals surface area contributed by atoms with E-state index >= 15 is 0 Å². The Morgan fingerprint density at radius 3 is 2.09 bits per heavy atom. The van der Waals surface area contributed by atoms with Crippen LogP contribution in [0.2, 0.25) is 0 Å². The summed E-state index contributed by atoms with van der Waals surface area (Å²) in [7, 11) is 1.82. The number of anilines is 1. The van der Waals surface area contributed by atoms with Gasteiger partial charge in [0.2, 0.25) is 11.8 Å². The van der Waals surface area contributed by atoms with Crippen LogP contribution in [0.25, 0.3) is 0 Å². The zero-order chi connectivity index (χ0) is 23.2. The number of halogens is 1. The highest BCUT2D eigenvalue weighted by molar-refractivity contribution is 5.92. The highest BCUT2D eigenvalue weighted by atomic mass is 19.1. The molecule has 1 aliphatic carbocycles. The lowest BCUT2D eigenvalue weighted by Gasteiger charge is -2.24. The Morgan fingerprint density at radius 1 is 0.909 bits per heavy atom. The van der Waals surface area contributed by atoms with Crippen LogP contribution in [0.4, 0.5) is 10.1 Å². The molecule has 0 aliphatic heterocycles. The molecule has 0 atom stereocenters. The molecule has 0 heterocycles. The van der Waals surface area contributed by atoms with Crippen molar-refractivity contribution in [2.24, 2.45) is 0 Å². The van der Waals surface area contributed by atoms with E-state index in [1.165, 1.54) is 23.3 Å². The summed E-state index contributed by atoms with van der Waals surface area (Å²) < 4.78 is 18.6. The quantitative estimate of drug-likeness (QED) is 0.552. The number of fused-ring (bicyclic) bond motifs is 1. The van der Waals surface area contributed by atoms with Crippen LogP contribution in [0.3, 0.4) is 0 Å². The maximum atomic E-state index is 13.0. The van der Waals surface area contributed by atoms with Crippen LogP contribution in [0.1, 0.15) is 11.1 Å². The summed E-state index contributed by atoms with van der Waals surface area (Å²) in [4.78, 5) is 26.5. The summed E-state index contributed by atoms with van der Waals surface area (Å²) in [5.41, 5.74) is 3.20. The van der Waals surface area contributed by atoms with Crippen LogP contribution < -0.4 is 15.4 Å². The molecule has 170 valence electrons. The van der Waals surface area contributed by atoms with Gasteiger partial charge < -0.3 is 15.0 Å². The van der Waals surface area contributed by atoms with Crippen LogP contribution >= 0.6 is 0 Å². The molecule has 0 saturated carbocycles. The second kappa shape index (κ2) is 10.3. The Morgan fingerprint density at radius 2 is 1.48 bits per heavy atom. The number of nitrogens with one attached hydrogen (secondary N) is 2. The zero-order valence-electron chi connectivity index (χ0n) is 18.4. The van der Waals surface area contributed by atoms with Crippen molar-refractivity contribution in [1.29, 1.82) is 0 Å². The van der Waals surface area contributed by atoms with Crippen molar-refractivity contribution in [1.82, 2.24) is 10.2 Å². The molecule has 0 spiro atoms. The van der Waals surface area contributed by atoms with Crippen molar-refractivity contribution in [3.63, 3.8) is 0 Å². The Labute approximate surface area is 192 Å². The number of hydrogen-bond acceptors (Lipinski definition) is 4. The van der Waals surface area contributed by atoms with E-state index in [4.69, 9.17) is 4.74 Å². The van der Waals surface area contributed by atoms with Crippen molar-refractivity contribution in [3.05, 3.63) is 89.7 Å². The molecule has 1 aliphatic rings. The van der Waals surface area contributed by atoms with E-state index < -0.39 is 0 Å². The number of carbonyl (C=O) groups excluding carboxylic acids is 2. The van der Waals surface area contributed by atoms with Crippen molar-refractivity contribution < 1.29 is 18.7 Å². The number of benzene rings is 3. The summed E-state index contributed by atoms with van der Waals surface area (Å²) in [5, 5.41) is 5.70. The zero-order valence-corrected chi connectivity index (χ0v) is 18.4. The highest BCUT2D eigenvalue weighted by Gasteiger charge is 2.26. The standard InChI is InChI=1S/C26H26FN3O3/c1-30(22-14-18-4-2-3-5-19(18)15-22)26(32)17-28-16-25(31)29-21-8-12-24(13-9-21)33-23-10-6-20(27)7-11-23/h2-13,22,28H,14-17H2,1H3,(H,29,31). The van der Waals surface area contributed by atoms with Crippen molar-refractivity contribution in [2.45, 2.75) is 18.9 Å². The van der Waals surface area contributed by atoms with E-state index in [2.05, 4.69) is 22.8 Å². The van der Waals surface area contributed by atoms with Gasteiger partial charge in [0.05, 0.1) is 13.1 Å². The first-order valence-corrected chi connectivity index (χ1v) is 10.8. The van der Waals surface area contributed by atoms with Crippen LogP contribution in [-0.4, -0.2) is 42.9 Å². The molecular formula is C26H26FN3O3. The minimum atomic E-state index is -0.327. The number of likely N-dealkylation sites (N-methyl/N-ethyl adjacent to an activating group) is 1. The summed E-state index contributed by atoms with van der Waals surface area (Å²) in [6.45, 7) is 0.125. The SMILES string of the molecule is CN(C(=O)CNCC(=O)Nc1ccc(Oc2ccc(F)cc2)cc1)C1Cc2ccccc2C1. The summed E-state index contributed by atoms with van der Waals surface area (Å²) in [6.07, 6.45) is 1.72. The van der Waals surface area contributed by atoms with Gasteiger partial charge in [-0.15, -0.1) is 0 Å². The number of hydrogen-bond donors (Lipinski definition) is 2. The smallest absolute Gasteiger partial charge is 0.238 e. The third kappa shape index (κ3) is 5.96. The first-order valence-electron chi connectivity index (χ1n) is 10.8. The van der Waals surface area contributed by atoms with E-state index in [0.717, 1.165) is 12.8 Å². The maximum absolute atomic E-state index is 13.0. The van der Waals surface area contributed by atoms with Gasteiger partial charge in [0.1, 0.15) is 17.3 Å². The van der Waals surface area contributed by atoms with Crippen LogP contribution in [0, 0.1) is 5.82 Å². The molecule has 0 aromatic heterocycles. The molecule has 2 amide bonds. The van der Waals surface area contributed by atoms with Crippen LogP contribution in [0.15, 0.2) is 72.8 Å². The largest absolute Gasteiger partial charge is 0.457 e. The molecule has 0 radical (unpaired) electrons. The fourth-order valence-corrected chi connectivity index (χ4v) is 3.87. The third-order valence-corrected chi connectivity index (χ3v) is 5.72. The first-order chi connectivity index (χ1) is 16.0. The minimum absolute atomic E-state index is 0.0261. The second-order valence-electron chi connectivity index (χ2n) is 8.07. The molecule has 33 heavy (non-hydrogen) atoms. The van der Waals surface area contributed by atoms with Crippen molar-refractivity contribution in [3.8, 4) is 11.5 Å². The Kier molecular flexibility index (Phi) is 7.00. The predicted octanol–water partition coefficient (Wildman–Crippen LogP) is 3.77. The van der Waals surface area contributed by atoms with E-state index in [0.29, 0.717) is 17.2 Å². The van der Waals surface area contributed by atoms with Gasteiger partial charge in [-0.05, 0) is 72.5 Å². The van der Waals surface area contributed by atoms with Gasteiger partial charge in [0.25, 0.3) is 0 Å². The van der Waals surface area contributed by atoms with Crippen LogP contribution in [0.5, 0.6) is 11.5 Å².